The number of halogens is 1. The molecule has 1 aliphatic rings. The third-order valence-corrected chi connectivity index (χ3v) is 3.85. The van der Waals surface area contributed by atoms with Crippen LogP contribution in [0.3, 0.4) is 0 Å². The predicted octanol–water partition coefficient (Wildman–Crippen LogP) is 0.240. The van der Waals surface area contributed by atoms with Crippen LogP contribution in [0.25, 0.3) is 0 Å². The minimum absolute atomic E-state index is 0.154. The number of carbonyl (C=O) groups excluding carboxylic acids is 3. The van der Waals surface area contributed by atoms with Crippen LogP contribution in [0.1, 0.15) is 18.4 Å². The van der Waals surface area contributed by atoms with Crippen LogP contribution in [-0.4, -0.2) is 29.8 Å². The van der Waals surface area contributed by atoms with Gasteiger partial charge in [0, 0.05) is 17.3 Å². The Balaban J connectivity index is 1.99. The van der Waals surface area contributed by atoms with Crippen molar-refractivity contribution in [2.75, 3.05) is 0 Å². The van der Waals surface area contributed by atoms with Gasteiger partial charge in [-0.05, 0) is 24.1 Å². The Morgan fingerprint density at radius 3 is 2.57 bits per heavy atom. The molecule has 4 N–H and O–H groups in total. The number of hydrogen-bond donors (Lipinski definition) is 3. The summed E-state index contributed by atoms with van der Waals surface area (Å²) in [5, 5.41) is 5.16. The van der Waals surface area contributed by atoms with E-state index in [4.69, 9.17) is 5.73 Å². The molecule has 1 aliphatic heterocycles. The van der Waals surface area contributed by atoms with E-state index in [9.17, 15) is 14.4 Å². The molecule has 6 nitrogen and oxygen atoms in total. The van der Waals surface area contributed by atoms with Crippen molar-refractivity contribution >= 4 is 33.7 Å². The largest absolute Gasteiger partial charge is 0.368 e. The average molecular weight is 354 g/mol. The van der Waals surface area contributed by atoms with Gasteiger partial charge in [-0.3, -0.25) is 14.4 Å². The van der Waals surface area contributed by atoms with Crippen LogP contribution in [0.4, 0.5) is 0 Å². The summed E-state index contributed by atoms with van der Waals surface area (Å²) >= 11 is 3.33. The summed E-state index contributed by atoms with van der Waals surface area (Å²) in [5.41, 5.74) is 6.23. The summed E-state index contributed by atoms with van der Waals surface area (Å²) in [7, 11) is 0. The molecule has 0 spiro atoms. The van der Waals surface area contributed by atoms with Gasteiger partial charge in [-0.2, -0.15) is 0 Å². The van der Waals surface area contributed by atoms with Gasteiger partial charge < -0.3 is 16.4 Å². The zero-order chi connectivity index (χ0) is 15.4. The molecule has 0 aliphatic carbocycles. The number of rotatable bonds is 5. The molecule has 0 bridgehead atoms. The van der Waals surface area contributed by atoms with Crippen LogP contribution < -0.4 is 16.4 Å². The predicted molar refractivity (Wildman–Crippen MR) is 80.1 cm³/mol. The Morgan fingerprint density at radius 1 is 1.38 bits per heavy atom. The highest BCUT2D eigenvalue weighted by Gasteiger charge is 2.29. The molecular weight excluding hydrogens is 338 g/mol. The quantitative estimate of drug-likeness (QED) is 0.706. The lowest BCUT2D eigenvalue weighted by atomic mass is 10.0. The van der Waals surface area contributed by atoms with E-state index in [2.05, 4.69) is 26.6 Å². The van der Waals surface area contributed by atoms with Gasteiger partial charge in [0.25, 0.3) is 0 Å². The Morgan fingerprint density at radius 2 is 2.05 bits per heavy atom. The fraction of sp³-hybridized carbons (Fsp3) is 0.357. The fourth-order valence-electron chi connectivity index (χ4n) is 2.16. The first-order valence-electron chi connectivity index (χ1n) is 6.59. The normalized spacial score (nSPS) is 18.9. The SMILES string of the molecule is NC(=O)[C@@H](Cc1ccc(Br)cc1)NC(=O)[C@H]1CCC(=O)N1. The van der Waals surface area contributed by atoms with Crippen LogP contribution >= 0.6 is 15.9 Å². The van der Waals surface area contributed by atoms with E-state index in [0.717, 1.165) is 10.0 Å². The number of benzene rings is 1. The fourth-order valence-corrected chi connectivity index (χ4v) is 2.43. The maximum Gasteiger partial charge on any atom is 0.243 e. The van der Waals surface area contributed by atoms with Gasteiger partial charge in [0.05, 0.1) is 0 Å². The number of hydrogen-bond acceptors (Lipinski definition) is 3. The van der Waals surface area contributed by atoms with Gasteiger partial charge in [-0.15, -0.1) is 0 Å². The van der Waals surface area contributed by atoms with Gasteiger partial charge in [0.15, 0.2) is 0 Å². The highest BCUT2D eigenvalue weighted by Crippen LogP contribution is 2.12. The molecule has 7 heteroatoms. The highest BCUT2D eigenvalue weighted by atomic mass is 79.9. The van der Waals surface area contributed by atoms with E-state index in [1.54, 1.807) is 0 Å². The maximum atomic E-state index is 12.0. The summed E-state index contributed by atoms with van der Waals surface area (Å²) < 4.78 is 0.930. The second kappa shape index (κ2) is 6.71. The second-order valence-corrected chi connectivity index (χ2v) is 5.87. The number of nitrogens with one attached hydrogen (secondary N) is 2. The van der Waals surface area contributed by atoms with E-state index >= 15 is 0 Å². The summed E-state index contributed by atoms with van der Waals surface area (Å²) in [6, 6.07) is 6.03. The Bertz CT molecular complexity index is 559. The van der Waals surface area contributed by atoms with Gasteiger partial charge in [0.2, 0.25) is 17.7 Å². The summed E-state index contributed by atoms with van der Waals surface area (Å²) in [5.74, 6) is -1.13. The number of nitrogens with two attached hydrogens (primary N) is 1. The molecule has 1 heterocycles. The lowest BCUT2D eigenvalue weighted by molar-refractivity contribution is -0.129. The molecule has 21 heavy (non-hydrogen) atoms. The molecule has 0 unspecified atom stereocenters. The third-order valence-electron chi connectivity index (χ3n) is 3.32. The van der Waals surface area contributed by atoms with E-state index in [1.165, 1.54) is 0 Å². The zero-order valence-corrected chi connectivity index (χ0v) is 12.9. The van der Waals surface area contributed by atoms with Gasteiger partial charge in [-0.25, -0.2) is 0 Å². The average Bonchev–Trinajstić information content (AvgIpc) is 2.87. The molecule has 2 atom stereocenters. The van der Waals surface area contributed by atoms with Crippen LogP contribution in [-0.2, 0) is 20.8 Å². The number of primary amides is 1. The number of carbonyl (C=O) groups is 3. The van der Waals surface area contributed by atoms with Crippen molar-refractivity contribution in [3.63, 3.8) is 0 Å². The van der Waals surface area contributed by atoms with Gasteiger partial charge in [0.1, 0.15) is 12.1 Å². The lowest BCUT2D eigenvalue weighted by Gasteiger charge is -2.18. The minimum Gasteiger partial charge on any atom is -0.368 e. The van der Waals surface area contributed by atoms with Gasteiger partial charge in [-0.1, -0.05) is 28.1 Å². The smallest absolute Gasteiger partial charge is 0.243 e. The van der Waals surface area contributed by atoms with Crippen LogP contribution in [0.5, 0.6) is 0 Å². The molecular formula is C14H16BrN3O3. The van der Waals surface area contributed by atoms with E-state index in [-0.39, 0.29) is 11.8 Å². The van der Waals surface area contributed by atoms with Crippen molar-refractivity contribution in [1.29, 1.82) is 0 Å². The first-order valence-corrected chi connectivity index (χ1v) is 7.38. The minimum atomic E-state index is -0.795. The molecule has 1 aromatic rings. The Kier molecular flexibility index (Phi) is 4.95. The standard InChI is InChI=1S/C14H16BrN3O3/c15-9-3-1-8(2-4-9)7-11(13(16)20)18-14(21)10-5-6-12(19)17-10/h1-4,10-11H,5-7H2,(H2,16,20)(H,17,19)(H,18,21)/t10-,11-/m1/s1. The molecule has 1 saturated heterocycles. The van der Waals surface area contributed by atoms with Crippen molar-refractivity contribution in [2.24, 2.45) is 5.73 Å². The van der Waals surface area contributed by atoms with Crippen molar-refractivity contribution in [3.05, 3.63) is 34.3 Å². The molecule has 0 aromatic heterocycles. The molecule has 1 aromatic carbocycles. The van der Waals surface area contributed by atoms with E-state index in [0.29, 0.717) is 19.3 Å². The second-order valence-electron chi connectivity index (χ2n) is 4.95. The molecule has 3 amide bonds. The first-order chi connectivity index (χ1) is 9.95. The number of amides is 3. The Labute approximate surface area is 130 Å². The zero-order valence-electron chi connectivity index (χ0n) is 11.3. The van der Waals surface area contributed by atoms with E-state index in [1.807, 2.05) is 24.3 Å². The molecule has 1 fully saturated rings. The molecule has 112 valence electrons. The highest BCUT2D eigenvalue weighted by molar-refractivity contribution is 9.10. The monoisotopic (exact) mass is 353 g/mol. The summed E-state index contributed by atoms with van der Waals surface area (Å²) in [6.45, 7) is 0. The van der Waals surface area contributed by atoms with Crippen molar-refractivity contribution < 1.29 is 14.4 Å². The molecule has 0 saturated carbocycles. The van der Waals surface area contributed by atoms with Crippen molar-refractivity contribution in [1.82, 2.24) is 10.6 Å². The van der Waals surface area contributed by atoms with Crippen molar-refractivity contribution in [2.45, 2.75) is 31.3 Å². The Hall–Kier alpha value is -1.89. The van der Waals surface area contributed by atoms with Crippen LogP contribution in [0.2, 0.25) is 0 Å². The first kappa shape index (κ1) is 15.5. The lowest BCUT2D eigenvalue weighted by Crippen LogP contribution is -2.51. The van der Waals surface area contributed by atoms with Gasteiger partial charge >= 0.3 is 0 Å². The van der Waals surface area contributed by atoms with E-state index < -0.39 is 18.0 Å². The summed E-state index contributed by atoms with van der Waals surface area (Å²) in [4.78, 5) is 34.6. The maximum absolute atomic E-state index is 12.0. The summed E-state index contributed by atoms with van der Waals surface area (Å²) in [6.07, 6.45) is 1.08. The van der Waals surface area contributed by atoms with Crippen LogP contribution in [0, 0.1) is 0 Å². The topological polar surface area (TPSA) is 101 Å². The van der Waals surface area contributed by atoms with Crippen LogP contribution in [0.15, 0.2) is 28.7 Å². The third kappa shape index (κ3) is 4.29. The molecule has 0 radical (unpaired) electrons. The molecule has 2 rings (SSSR count). The van der Waals surface area contributed by atoms with Crippen molar-refractivity contribution in [3.8, 4) is 0 Å².